The summed E-state index contributed by atoms with van der Waals surface area (Å²) in [7, 11) is -3.79. The Labute approximate surface area is 116 Å². The van der Waals surface area contributed by atoms with Crippen molar-refractivity contribution >= 4 is 15.7 Å². The van der Waals surface area contributed by atoms with Crippen molar-refractivity contribution < 1.29 is 12.8 Å². The summed E-state index contributed by atoms with van der Waals surface area (Å²) in [4.78, 5) is -0.176. The predicted molar refractivity (Wildman–Crippen MR) is 73.7 cm³/mol. The number of sulfonamides is 1. The van der Waals surface area contributed by atoms with E-state index in [2.05, 4.69) is 0 Å². The molecule has 20 heavy (non-hydrogen) atoms. The molecule has 1 aliphatic rings. The maximum atomic E-state index is 13.3. The Kier molecular flexibility index (Phi) is 2.99. The van der Waals surface area contributed by atoms with E-state index in [-0.39, 0.29) is 23.7 Å². The maximum absolute atomic E-state index is 13.3. The molecule has 0 saturated heterocycles. The fraction of sp³-hybridized carbons (Fsp3) is 0.143. The normalized spacial score (nSPS) is 15.2. The quantitative estimate of drug-likeness (QED) is 0.862. The van der Waals surface area contributed by atoms with E-state index < -0.39 is 15.8 Å². The fourth-order valence-electron chi connectivity index (χ4n) is 2.34. The van der Waals surface area contributed by atoms with Gasteiger partial charge in [0.15, 0.2) is 0 Å². The number of benzene rings is 2. The molecule has 0 unspecified atom stereocenters. The number of anilines is 1. The Bertz CT molecular complexity index is 749. The second-order valence-corrected chi connectivity index (χ2v) is 6.63. The van der Waals surface area contributed by atoms with Gasteiger partial charge in [-0.15, -0.1) is 0 Å². The second kappa shape index (κ2) is 4.57. The van der Waals surface area contributed by atoms with Gasteiger partial charge in [0, 0.05) is 13.1 Å². The molecule has 0 bridgehead atoms. The van der Waals surface area contributed by atoms with Crippen molar-refractivity contribution in [2.45, 2.75) is 18.0 Å². The standard InChI is InChI=1S/C14H13FN2O2S/c15-12-5-6-13(16)14(7-12)20(18,19)17-8-10-3-1-2-4-11(10)9-17/h1-7H,8-9,16H2. The van der Waals surface area contributed by atoms with Crippen molar-refractivity contribution in [3.05, 3.63) is 59.4 Å². The van der Waals surface area contributed by atoms with Crippen LogP contribution in [-0.2, 0) is 23.1 Å². The van der Waals surface area contributed by atoms with Crippen LogP contribution in [0, 0.1) is 5.82 Å². The zero-order valence-corrected chi connectivity index (χ0v) is 11.4. The number of nitrogen functional groups attached to an aromatic ring is 1. The number of hydrogen-bond donors (Lipinski definition) is 1. The number of halogens is 1. The molecule has 0 atom stereocenters. The number of fused-ring (bicyclic) bond motifs is 1. The number of rotatable bonds is 2. The molecule has 0 saturated carbocycles. The molecule has 2 aromatic carbocycles. The molecule has 0 amide bonds. The minimum Gasteiger partial charge on any atom is -0.398 e. The van der Waals surface area contributed by atoms with Gasteiger partial charge in [-0.2, -0.15) is 4.31 Å². The predicted octanol–water partition coefficient (Wildman–Crippen LogP) is 2.11. The summed E-state index contributed by atoms with van der Waals surface area (Å²) in [5, 5.41) is 0. The molecule has 0 aromatic heterocycles. The van der Waals surface area contributed by atoms with Crippen LogP contribution in [0.4, 0.5) is 10.1 Å². The van der Waals surface area contributed by atoms with Gasteiger partial charge in [-0.25, -0.2) is 12.8 Å². The number of nitrogens with zero attached hydrogens (tertiary/aromatic N) is 1. The summed E-state index contributed by atoms with van der Waals surface area (Å²) in [5.41, 5.74) is 7.66. The van der Waals surface area contributed by atoms with E-state index in [9.17, 15) is 12.8 Å². The molecule has 0 fully saturated rings. The van der Waals surface area contributed by atoms with Crippen LogP contribution in [0.5, 0.6) is 0 Å². The molecular formula is C14H13FN2O2S. The van der Waals surface area contributed by atoms with E-state index in [1.807, 2.05) is 24.3 Å². The largest absolute Gasteiger partial charge is 0.398 e. The van der Waals surface area contributed by atoms with E-state index in [4.69, 9.17) is 5.73 Å². The molecule has 2 N–H and O–H groups in total. The molecule has 0 spiro atoms. The van der Waals surface area contributed by atoms with Crippen LogP contribution in [0.2, 0.25) is 0 Å². The summed E-state index contributed by atoms with van der Waals surface area (Å²) in [6.45, 7) is 0.572. The molecule has 104 valence electrons. The summed E-state index contributed by atoms with van der Waals surface area (Å²) in [5.74, 6) is -0.616. The van der Waals surface area contributed by atoms with Crippen molar-refractivity contribution in [2.24, 2.45) is 0 Å². The van der Waals surface area contributed by atoms with Gasteiger partial charge in [0.2, 0.25) is 10.0 Å². The first-order valence-corrected chi connectivity index (χ1v) is 7.54. The lowest BCUT2D eigenvalue weighted by atomic mass is 10.1. The third-order valence-corrected chi connectivity index (χ3v) is 5.25. The van der Waals surface area contributed by atoms with Crippen LogP contribution in [-0.4, -0.2) is 12.7 Å². The molecule has 4 nitrogen and oxygen atoms in total. The summed E-state index contributed by atoms with van der Waals surface area (Å²) >= 11 is 0. The first kappa shape index (κ1) is 13.1. The summed E-state index contributed by atoms with van der Waals surface area (Å²) < 4.78 is 39.7. The summed E-state index contributed by atoms with van der Waals surface area (Å²) in [6.07, 6.45) is 0. The van der Waals surface area contributed by atoms with Gasteiger partial charge in [-0.05, 0) is 29.3 Å². The molecule has 1 heterocycles. The number of hydrogen-bond acceptors (Lipinski definition) is 3. The Morgan fingerprint density at radius 3 is 2.25 bits per heavy atom. The average molecular weight is 292 g/mol. The van der Waals surface area contributed by atoms with E-state index in [0.29, 0.717) is 0 Å². The second-order valence-electron chi connectivity index (χ2n) is 4.72. The molecule has 2 aromatic rings. The topological polar surface area (TPSA) is 63.4 Å². The van der Waals surface area contributed by atoms with Gasteiger partial charge in [-0.1, -0.05) is 24.3 Å². The lowest BCUT2D eigenvalue weighted by molar-refractivity contribution is 0.431. The Morgan fingerprint density at radius 1 is 1.05 bits per heavy atom. The van der Waals surface area contributed by atoms with E-state index in [0.717, 1.165) is 23.3 Å². The van der Waals surface area contributed by atoms with Crippen LogP contribution in [0.3, 0.4) is 0 Å². The van der Waals surface area contributed by atoms with Gasteiger partial charge >= 0.3 is 0 Å². The van der Waals surface area contributed by atoms with Crippen LogP contribution in [0.25, 0.3) is 0 Å². The minimum absolute atomic E-state index is 0.0577. The molecule has 0 aliphatic carbocycles. The first-order chi connectivity index (χ1) is 9.48. The Hall–Kier alpha value is -1.92. The van der Waals surface area contributed by atoms with Crippen LogP contribution in [0.15, 0.2) is 47.4 Å². The van der Waals surface area contributed by atoms with Crippen LogP contribution < -0.4 is 5.73 Å². The lowest BCUT2D eigenvalue weighted by Crippen LogP contribution is -2.26. The average Bonchev–Trinajstić information content (AvgIpc) is 2.86. The Balaban J connectivity index is 2.01. The van der Waals surface area contributed by atoms with Gasteiger partial charge in [-0.3, -0.25) is 0 Å². The van der Waals surface area contributed by atoms with Gasteiger partial charge in [0.05, 0.1) is 5.69 Å². The monoisotopic (exact) mass is 292 g/mol. The highest BCUT2D eigenvalue weighted by atomic mass is 32.2. The van der Waals surface area contributed by atoms with Crippen LogP contribution >= 0.6 is 0 Å². The molecule has 3 rings (SSSR count). The highest BCUT2D eigenvalue weighted by Crippen LogP contribution is 2.30. The third kappa shape index (κ3) is 2.07. The molecular weight excluding hydrogens is 279 g/mol. The van der Waals surface area contributed by atoms with Gasteiger partial charge < -0.3 is 5.73 Å². The van der Waals surface area contributed by atoms with Crippen molar-refractivity contribution in [3.8, 4) is 0 Å². The SMILES string of the molecule is Nc1ccc(F)cc1S(=O)(=O)N1Cc2ccccc2C1. The minimum atomic E-state index is -3.79. The van der Waals surface area contributed by atoms with Crippen LogP contribution in [0.1, 0.15) is 11.1 Å². The van der Waals surface area contributed by atoms with Crippen molar-refractivity contribution in [1.82, 2.24) is 4.31 Å². The Morgan fingerprint density at radius 2 is 1.65 bits per heavy atom. The van der Waals surface area contributed by atoms with Crippen molar-refractivity contribution in [2.75, 3.05) is 5.73 Å². The maximum Gasteiger partial charge on any atom is 0.245 e. The van der Waals surface area contributed by atoms with Crippen molar-refractivity contribution in [1.29, 1.82) is 0 Å². The smallest absolute Gasteiger partial charge is 0.245 e. The van der Waals surface area contributed by atoms with Gasteiger partial charge in [0.1, 0.15) is 10.7 Å². The third-order valence-electron chi connectivity index (χ3n) is 3.41. The zero-order chi connectivity index (χ0) is 14.3. The summed E-state index contributed by atoms with van der Waals surface area (Å²) in [6, 6.07) is 10.9. The lowest BCUT2D eigenvalue weighted by Gasteiger charge is -2.17. The fourth-order valence-corrected chi connectivity index (χ4v) is 3.87. The molecule has 1 aliphatic heterocycles. The zero-order valence-electron chi connectivity index (χ0n) is 10.6. The van der Waals surface area contributed by atoms with E-state index in [1.54, 1.807) is 0 Å². The molecule has 0 radical (unpaired) electrons. The van der Waals surface area contributed by atoms with E-state index >= 15 is 0 Å². The van der Waals surface area contributed by atoms with Crippen molar-refractivity contribution in [3.63, 3.8) is 0 Å². The van der Waals surface area contributed by atoms with E-state index in [1.165, 1.54) is 10.4 Å². The highest BCUT2D eigenvalue weighted by molar-refractivity contribution is 7.89. The first-order valence-electron chi connectivity index (χ1n) is 6.10. The molecule has 6 heteroatoms. The van der Waals surface area contributed by atoms with Gasteiger partial charge in [0.25, 0.3) is 0 Å². The number of nitrogens with two attached hydrogens (primary N) is 1. The highest BCUT2D eigenvalue weighted by Gasteiger charge is 2.31.